The van der Waals surface area contributed by atoms with Gasteiger partial charge >= 0.3 is 6.18 Å². The number of nitrogens with zero attached hydrogens (tertiary/aromatic N) is 6. The molecular weight excluding hydrogens is 520 g/mol. The van der Waals surface area contributed by atoms with Crippen LogP contribution in [0, 0.1) is 5.92 Å². The molecule has 3 aromatic rings. The molecule has 0 spiro atoms. The summed E-state index contributed by atoms with van der Waals surface area (Å²) in [6.07, 6.45) is 5.55. The highest BCUT2D eigenvalue weighted by atomic mass is 19.4. The molecule has 0 radical (unpaired) electrons. The van der Waals surface area contributed by atoms with E-state index >= 15 is 0 Å². The van der Waals surface area contributed by atoms with Crippen LogP contribution >= 0.6 is 0 Å². The first-order chi connectivity index (χ1) is 19.3. The number of aromatic nitrogens is 4. The number of benzene rings is 2. The number of tetrazole rings is 1. The summed E-state index contributed by atoms with van der Waals surface area (Å²) in [7, 11) is 1.68. The van der Waals surface area contributed by atoms with E-state index < -0.39 is 18.4 Å². The summed E-state index contributed by atoms with van der Waals surface area (Å²) in [6, 6.07) is 8.08. The molecule has 2 aromatic carbocycles. The quantitative estimate of drug-likeness (QED) is 0.302. The lowest BCUT2D eigenvalue weighted by Crippen LogP contribution is -2.31. The molecule has 40 heavy (non-hydrogen) atoms. The van der Waals surface area contributed by atoms with Gasteiger partial charge in [0.25, 0.3) is 5.95 Å². The Kier molecular flexibility index (Phi) is 7.44. The molecule has 2 aliphatic carbocycles. The Bertz CT molecular complexity index is 1350. The Labute approximate surface area is 232 Å². The predicted molar refractivity (Wildman–Crippen MR) is 146 cm³/mol. The fraction of sp³-hybridized carbons (Fsp3) is 0.567. The molecule has 2 heterocycles. The van der Waals surface area contributed by atoms with E-state index in [1.165, 1.54) is 58.9 Å². The summed E-state index contributed by atoms with van der Waals surface area (Å²) in [5.74, 6) is 1.06. The van der Waals surface area contributed by atoms with Crippen molar-refractivity contribution in [3.05, 3.63) is 63.7 Å². The third-order valence-corrected chi connectivity index (χ3v) is 8.82. The van der Waals surface area contributed by atoms with Gasteiger partial charge in [0.15, 0.2) is 0 Å². The molecule has 0 unspecified atom stereocenters. The highest BCUT2D eigenvalue weighted by molar-refractivity contribution is 5.62. The van der Waals surface area contributed by atoms with E-state index in [0.717, 1.165) is 57.3 Å². The molecule has 1 aromatic heterocycles. The SMILES string of the molecule is Cn1nnc(N(Cc2cc(CF)cc(C(F)(F)F)c2)[C@H]2CCCN(CC3CCCC3)c3cc4c(cc32)CCC4)n1. The molecule has 0 bridgehead atoms. The lowest BCUT2D eigenvalue weighted by atomic mass is 9.94. The van der Waals surface area contributed by atoms with Gasteiger partial charge in [-0.3, -0.25) is 0 Å². The lowest BCUT2D eigenvalue weighted by molar-refractivity contribution is -0.137. The first-order valence-corrected chi connectivity index (χ1v) is 14.5. The highest BCUT2D eigenvalue weighted by Crippen LogP contribution is 2.43. The number of aryl methyl sites for hydroxylation is 3. The normalized spacial score (nSPS) is 19.5. The molecule has 1 atom stereocenters. The minimum atomic E-state index is -4.56. The molecule has 0 amide bonds. The van der Waals surface area contributed by atoms with E-state index in [1.54, 1.807) is 7.05 Å². The van der Waals surface area contributed by atoms with Crippen LogP contribution in [0.3, 0.4) is 0 Å². The molecule has 6 nitrogen and oxygen atoms in total. The monoisotopic (exact) mass is 556 g/mol. The summed E-state index contributed by atoms with van der Waals surface area (Å²) in [5, 5.41) is 12.8. The number of alkyl halides is 4. The van der Waals surface area contributed by atoms with Crippen molar-refractivity contribution in [1.82, 2.24) is 20.2 Å². The van der Waals surface area contributed by atoms with Crippen molar-refractivity contribution in [3.63, 3.8) is 0 Å². The van der Waals surface area contributed by atoms with Crippen molar-refractivity contribution in [3.8, 4) is 0 Å². The van der Waals surface area contributed by atoms with Gasteiger partial charge in [0, 0.05) is 25.3 Å². The predicted octanol–water partition coefficient (Wildman–Crippen LogP) is 6.73. The third kappa shape index (κ3) is 5.54. The standard InChI is InChI=1S/C30H36F4N6/c1-38-36-29(35-37-38)40(19-22-12-21(17-31)13-25(14-22)30(32,33)34)27-10-5-11-39(18-20-6-2-3-7-20)28-16-24-9-4-8-23(24)15-26(27)28/h12-16,20,27H,2-11,17-19H2,1H3/t27-/m0/s1. The van der Waals surface area contributed by atoms with Crippen LogP contribution in [0.1, 0.15) is 84.4 Å². The topological polar surface area (TPSA) is 50.1 Å². The maximum atomic E-state index is 13.7. The van der Waals surface area contributed by atoms with Gasteiger partial charge in [-0.1, -0.05) is 30.1 Å². The van der Waals surface area contributed by atoms with Crippen LogP contribution in [-0.2, 0) is 39.3 Å². The van der Waals surface area contributed by atoms with Crippen LogP contribution in [0.25, 0.3) is 0 Å². The number of rotatable bonds is 7. The zero-order valence-corrected chi connectivity index (χ0v) is 22.9. The average Bonchev–Trinajstić information content (AvgIpc) is 3.68. The second-order valence-electron chi connectivity index (χ2n) is 11.7. The summed E-state index contributed by atoms with van der Waals surface area (Å²) in [4.78, 5) is 5.90. The van der Waals surface area contributed by atoms with Crippen LogP contribution in [0.2, 0.25) is 0 Å². The second kappa shape index (κ2) is 11.0. The third-order valence-electron chi connectivity index (χ3n) is 8.82. The van der Waals surface area contributed by atoms with Gasteiger partial charge in [0.2, 0.25) is 0 Å². The maximum Gasteiger partial charge on any atom is 0.416 e. The Balaban J connectivity index is 1.43. The van der Waals surface area contributed by atoms with E-state index in [-0.39, 0.29) is 18.2 Å². The van der Waals surface area contributed by atoms with Crippen molar-refractivity contribution in [2.75, 3.05) is 22.9 Å². The van der Waals surface area contributed by atoms with Gasteiger partial charge in [-0.2, -0.15) is 18.0 Å². The van der Waals surface area contributed by atoms with E-state index in [9.17, 15) is 17.6 Å². The van der Waals surface area contributed by atoms with Crippen LogP contribution in [0.15, 0.2) is 30.3 Å². The van der Waals surface area contributed by atoms with Gasteiger partial charge in [-0.15, -0.1) is 5.10 Å². The fourth-order valence-electron chi connectivity index (χ4n) is 6.94. The summed E-state index contributed by atoms with van der Waals surface area (Å²) >= 11 is 0. The maximum absolute atomic E-state index is 13.7. The van der Waals surface area contributed by atoms with Crippen molar-refractivity contribution < 1.29 is 17.6 Å². The molecule has 3 aliphatic rings. The highest BCUT2D eigenvalue weighted by Gasteiger charge is 2.35. The number of fused-ring (bicyclic) bond motifs is 2. The lowest BCUT2D eigenvalue weighted by Gasteiger charge is -2.33. The minimum absolute atomic E-state index is 0.0127. The van der Waals surface area contributed by atoms with E-state index in [2.05, 4.69) is 32.4 Å². The van der Waals surface area contributed by atoms with E-state index in [0.29, 0.717) is 17.4 Å². The Morgan fingerprint density at radius 3 is 2.38 bits per heavy atom. The fourth-order valence-corrected chi connectivity index (χ4v) is 6.94. The average molecular weight is 557 g/mol. The zero-order chi connectivity index (χ0) is 27.9. The van der Waals surface area contributed by atoms with Gasteiger partial charge in [-0.25, -0.2) is 4.39 Å². The first kappa shape index (κ1) is 27.0. The molecule has 1 saturated carbocycles. The first-order valence-electron chi connectivity index (χ1n) is 14.5. The largest absolute Gasteiger partial charge is 0.416 e. The molecule has 1 fully saturated rings. The Hall–Kier alpha value is -3.17. The minimum Gasteiger partial charge on any atom is -0.371 e. The molecule has 0 N–H and O–H groups in total. The molecular formula is C30H36F4N6. The molecule has 214 valence electrons. The van der Waals surface area contributed by atoms with Crippen LogP contribution in [-0.4, -0.2) is 33.3 Å². The van der Waals surface area contributed by atoms with Crippen molar-refractivity contribution in [2.45, 2.75) is 83.2 Å². The second-order valence-corrected chi connectivity index (χ2v) is 11.7. The van der Waals surface area contributed by atoms with Gasteiger partial charge in [0.1, 0.15) is 6.67 Å². The number of hydrogen-bond acceptors (Lipinski definition) is 5. The zero-order valence-electron chi connectivity index (χ0n) is 22.9. The van der Waals surface area contributed by atoms with Crippen molar-refractivity contribution in [1.29, 1.82) is 0 Å². The van der Waals surface area contributed by atoms with Gasteiger partial charge in [0.05, 0.1) is 18.7 Å². The Morgan fingerprint density at radius 2 is 1.68 bits per heavy atom. The van der Waals surface area contributed by atoms with Crippen LogP contribution in [0.5, 0.6) is 0 Å². The molecule has 6 rings (SSSR count). The molecule has 1 aliphatic heterocycles. The van der Waals surface area contributed by atoms with Crippen molar-refractivity contribution >= 4 is 11.6 Å². The number of halogens is 4. The summed E-state index contributed by atoms with van der Waals surface area (Å²) in [5.41, 5.74) is 4.73. The number of anilines is 2. The molecule has 0 saturated heterocycles. The van der Waals surface area contributed by atoms with E-state index in [4.69, 9.17) is 0 Å². The van der Waals surface area contributed by atoms with Gasteiger partial charge in [-0.05, 0) is 102 Å². The Morgan fingerprint density at radius 1 is 0.925 bits per heavy atom. The van der Waals surface area contributed by atoms with E-state index in [1.807, 2.05) is 4.90 Å². The van der Waals surface area contributed by atoms with Gasteiger partial charge < -0.3 is 9.80 Å². The number of hydrogen-bond donors (Lipinski definition) is 0. The smallest absolute Gasteiger partial charge is 0.371 e. The molecule has 10 heteroatoms. The summed E-state index contributed by atoms with van der Waals surface area (Å²) in [6.45, 7) is 1.13. The summed E-state index contributed by atoms with van der Waals surface area (Å²) < 4.78 is 54.8. The van der Waals surface area contributed by atoms with Crippen LogP contribution in [0.4, 0.5) is 29.2 Å². The van der Waals surface area contributed by atoms with Crippen LogP contribution < -0.4 is 9.80 Å². The van der Waals surface area contributed by atoms with Crippen molar-refractivity contribution in [2.24, 2.45) is 13.0 Å².